The van der Waals surface area contributed by atoms with Crippen molar-refractivity contribution in [2.24, 2.45) is 0 Å². The van der Waals surface area contributed by atoms with Crippen molar-refractivity contribution in [1.82, 2.24) is 0 Å². The predicted octanol–water partition coefficient (Wildman–Crippen LogP) is 4.47. The number of aryl methyl sites for hydroxylation is 1. The summed E-state index contributed by atoms with van der Waals surface area (Å²) in [6.45, 7) is 2.79. The second-order valence-electron chi connectivity index (χ2n) is 6.03. The number of thiophene rings is 1. The zero-order chi connectivity index (χ0) is 16.9. The molecule has 0 saturated carbocycles. The molecule has 0 atom stereocenters. The van der Waals surface area contributed by atoms with E-state index in [1.807, 2.05) is 40.6 Å². The van der Waals surface area contributed by atoms with Gasteiger partial charge in [-0.05, 0) is 48.4 Å². The minimum absolute atomic E-state index is 0.0312. The van der Waals surface area contributed by atoms with Crippen LogP contribution in [0.25, 0.3) is 0 Å². The van der Waals surface area contributed by atoms with E-state index in [1.165, 1.54) is 11.3 Å². The van der Waals surface area contributed by atoms with Crippen LogP contribution in [0.15, 0.2) is 35.7 Å². The normalized spacial score (nSPS) is 13.5. The molecule has 24 heavy (non-hydrogen) atoms. The number of hydrogen-bond donors (Lipinski definition) is 1. The highest BCUT2D eigenvalue weighted by Crippen LogP contribution is 2.32. The largest absolute Gasteiger partial charge is 0.326 e. The van der Waals surface area contributed by atoms with Crippen molar-refractivity contribution in [3.05, 3.63) is 46.2 Å². The summed E-state index contributed by atoms with van der Waals surface area (Å²) in [5.41, 5.74) is 2.85. The molecule has 2 aromatic rings. The van der Waals surface area contributed by atoms with E-state index in [9.17, 15) is 9.59 Å². The lowest BCUT2D eigenvalue weighted by atomic mass is 10.0. The van der Waals surface area contributed by atoms with Gasteiger partial charge in [0.2, 0.25) is 5.91 Å². The molecule has 0 bridgehead atoms. The molecule has 4 nitrogen and oxygen atoms in total. The Morgan fingerprint density at radius 2 is 2.17 bits per heavy atom. The van der Waals surface area contributed by atoms with Gasteiger partial charge in [0.05, 0.1) is 4.88 Å². The average Bonchev–Trinajstić information content (AvgIpc) is 3.13. The quantitative estimate of drug-likeness (QED) is 0.871. The summed E-state index contributed by atoms with van der Waals surface area (Å²) < 4.78 is 0. The third kappa shape index (κ3) is 3.67. The fourth-order valence-corrected chi connectivity index (χ4v) is 3.63. The minimum atomic E-state index is 0.0312. The number of nitrogens with zero attached hydrogens (tertiary/aromatic N) is 1. The number of fused-ring (bicyclic) bond motifs is 1. The Balaban J connectivity index is 1.82. The van der Waals surface area contributed by atoms with Crippen molar-refractivity contribution in [1.29, 1.82) is 0 Å². The molecule has 126 valence electrons. The molecule has 1 aromatic heterocycles. The lowest BCUT2D eigenvalue weighted by Crippen LogP contribution is -2.35. The molecule has 0 saturated heterocycles. The molecule has 1 N–H and O–H groups in total. The Bertz CT molecular complexity index is 725. The van der Waals surface area contributed by atoms with Crippen molar-refractivity contribution in [3.8, 4) is 0 Å². The van der Waals surface area contributed by atoms with Gasteiger partial charge < -0.3 is 10.2 Å². The molecule has 0 radical (unpaired) electrons. The zero-order valence-corrected chi connectivity index (χ0v) is 14.7. The van der Waals surface area contributed by atoms with Gasteiger partial charge in [0, 0.05) is 24.3 Å². The lowest BCUT2D eigenvalue weighted by Gasteiger charge is -2.29. The zero-order valence-electron chi connectivity index (χ0n) is 13.9. The lowest BCUT2D eigenvalue weighted by molar-refractivity contribution is -0.116. The van der Waals surface area contributed by atoms with Crippen molar-refractivity contribution >= 4 is 34.5 Å². The fourth-order valence-electron chi connectivity index (χ4n) is 2.96. The Morgan fingerprint density at radius 1 is 1.29 bits per heavy atom. The van der Waals surface area contributed by atoms with E-state index in [0.29, 0.717) is 6.42 Å². The van der Waals surface area contributed by atoms with Crippen LogP contribution in [-0.4, -0.2) is 18.4 Å². The van der Waals surface area contributed by atoms with Gasteiger partial charge >= 0.3 is 0 Å². The average molecular weight is 342 g/mol. The summed E-state index contributed by atoms with van der Waals surface area (Å²) in [6, 6.07) is 9.65. The summed E-state index contributed by atoms with van der Waals surface area (Å²) >= 11 is 1.46. The van der Waals surface area contributed by atoms with Crippen LogP contribution in [0, 0.1) is 0 Å². The molecule has 1 aliphatic rings. The maximum atomic E-state index is 12.7. The van der Waals surface area contributed by atoms with Crippen molar-refractivity contribution in [2.45, 2.75) is 39.0 Å². The molecular weight excluding hydrogens is 320 g/mol. The topological polar surface area (TPSA) is 49.4 Å². The molecular formula is C19H22N2O2S. The van der Waals surface area contributed by atoms with Crippen LogP contribution in [0.1, 0.15) is 47.8 Å². The van der Waals surface area contributed by atoms with E-state index in [4.69, 9.17) is 0 Å². The number of rotatable bonds is 5. The van der Waals surface area contributed by atoms with Gasteiger partial charge in [0.15, 0.2) is 0 Å². The highest BCUT2D eigenvalue weighted by molar-refractivity contribution is 7.12. The number of hydrogen-bond acceptors (Lipinski definition) is 3. The van der Waals surface area contributed by atoms with E-state index in [1.54, 1.807) is 0 Å². The Morgan fingerprint density at radius 3 is 2.92 bits per heavy atom. The Kier molecular flexibility index (Phi) is 5.30. The minimum Gasteiger partial charge on any atom is -0.326 e. The van der Waals surface area contributed by atoms with Gasteiger partial charge in [-0.15, -0.1) is 11.3 Å². The number of nitrogens with one attached hydrogen (secondary N) is 1. The van der Waals surface area contributed by atoms with Gasteiger partial charge in [-0.25, -0.2) is 0 Å². The third-order valence-corrected chi connectivity index (χ3v) is 5.08. The van der Waals surface area contributed by atoms with Crippen LogP contribution in [-0.2, 0) is 11.2 Å². The first kappa shape index (κ1) is 16.7. The monoisotopic (exact) mass is 342 g/mol. The van der Waals surface area contributed by atoms with E-state index >= 15 is 0 Å². The molecule has 1 aliphatic heterocycles. The summed E-state index contributed by atoms with van der Waals surface area (Å²) in [7, 11) is 0. The molecule has 0 spiro atoms. The number of benzene rings is 1. The molecule has 3 rings (SSSR count). The van der Waals surface area contributed by atoms with Crippen molar-refractivity contribution in [2.75, 3.05) is 16.8 Å². The van der Waals surface area contributed by atoms with Crippen LogP contribution in [0.3, 0.4) is 0 Å². The standard InChI is InChI=1S/C19H22N2O2S/c1-2-3-8-18(22)20-15-10-9-14-6-4-11-21(16(14)13-15)19(23)17-7-5-12-24-17/h5,7,9-10,12-13H,2-4,6,8,11H2,1H3,(H,20,22). The molecule has 5 heteroatoms. The molecule has 2 heterocycles. The highest BCUT2D eigenvalue weighted by Gasteiger charge is 2.24. The summed E-state index contributed by atoms with van der Waals surface area (Å²) in [6.07, 6.45) is 4.35. The maximum absolute atomic E-state index is 12.7. The van der Waals surface area contributed by atoms with Crippen LogP contribution >= 0.6 is 11.3 Å². The van der Waals surface area contributed by atoms with Gasteiger partial charge in [0.25, 0.3) is 5.91 Å². The third-order valence-electron chi connectivity index (χ3n) is 4.22. The fraction of sp³-hybridized carbons (Fsp3) is 0.368. The highest BCUT2D eigenvalue weighted by atomic mass is 32.1. The molecule has 0 fully saturated rings. The number of amides is 2. The van der Waals surface area contributed by atoms with E-state index in [0.717, 1.165) is 54.0 Å². The number of unbranched alkanes of at least 4 members (excludes halogenated alkanes) is 1. The van der Waals surface area contributed by atoms with Crippen molar-refractivity contribution < 1.29 is 9.59 Å². The van der Waals surface area contributed by atoms with E-state index in [2.05, 4.69) is 12.2 Å². The SMILES string of the molecule is CCCCC(=O)Nc1ccc2c(c1)N(C(=O)c1cccs1)CCC2. The second-order valence-corrected chi connectivity index (χ2v) is 6.98. The van der Waals surface area contributed by atoms with E-state index in [-0.39, 0.29) is 11.8 Å². The molecule has 1 aromatic carbocycles. The first-order chi connectivity index (χ1) is 11.7. The van der Waals surface area contributed by atoms with Crippen LogP contribution in [0.4, 0.5) is 11.4 Å². The van der Waals surface area contributed by atoms with Gasteiger partial charge in [-0.2, -0.15) is 0 Å². The Hall–Kier alpha value is -2.14. The first-order valence-corrected chi connectivity index (χ1v) is 9.35. The molecule has 2 amide bonds. The van der Waals surface area contributed by atoms with Gasteiger partial charge in [0.1, 0.15) is 0 Å². The van der Waals surface area contributed by atoms with E-state index < -0.39 is 0 Å². The number of carbonyl (C=O) groups excluding carboxylic acids is 2. The van der Waals surface area contributed by atoms with Gasteiger partial charge in [-0.1, -0.05) is 25.5 Å². The maximum Gasteiger partial charge on any atom is 0.268 e. The second kappa shape index (κ2) is 7.62. The number of anilines is 2. The first-order valence-electron chi connectivity index (χ1n) is 8.47. The smallest absolute Gasteiger partial charge is 0.268 e. The van der Waals surface area contributed by atoms with Crippen LogP contribution in [0.5, 0.6) is 0 Å². The van der Waals surface area contributed by atoms with Gasteiger partial charge in [-0.3, -0.25) is 9.59 Å². The summed E-state index contributed by atoms with van der Waals surface area (Å²) in [5, 5.41) is 4.87. The Labute approximate surface area is 146 Å². The summed E-state index contributed by atoms with van der Waals surface area (Å²) in [5.74, 6) is 0.0733. The van der Waals surface area contributed by atoms with Crippen LogP contribution in [0.2, 0.25) is 0 Å². The van der Waals surface area contributed by atoms with Crippen molar-refractivity contribution in [3.63, 3.8) is 0 Å². The van der Waals surface area contributed by atoms with Crippen LogP contribution < -0.4 is 10.2 Å². The summed E-state index contributed by atoms with van der Waals surface area (Å²) in [4.78, 5) is 27.3. The molecule has 0 aliphatic carbocycles. The molecule has 0 unspecified atom stereocenters. The number of carbonyl (C=O) groups is 2. The predicted molar refractivity (Wildman–Crippen MR) is 98.9 cm³/mol.